The van der Waals surface area contributed by atoms with Gasteiger partial charge in [0.15, 0.2) is 5.96 Å². The summed E-state index contributed by atoms with van der Waals surface area (Å²) in [5.41, 5.74) is 7.35. The van der Waals surface area contributed by atoms with Crippen LogP contribution in [0, 0.1) is 0 Å². The summed E-state index contributed by atoms with van der Waals surface area (Å²) in [4.78, 5) is 23.3. The van der Waals surface area contributed by atoms with Gasteiger partial charge in [0.25, 0.3) is 0 Å². The van der Waals surface area contributed by atoms with Gasteiger partial charge >= 0.3 is 0 Å². The van der Waals surface area contributed by atoms with Crippen LogP contribution in [-0.4, -0.2) is 61.4 Å². The number of anilines is 2. The second-order valence-electron chi connectivity index (χ2n) is 7.77. The number of rotatable bonds is 5. The van der Waals surface area contributed by atoms with E-state index in [4.69, 9.17) is 10.7 Å². The molecule has 8 heteroatoms. The number of aliphatic imine (C=N–C) groups is 1. The number of carbonyl (C=O) groups is 1. The topological polar surface area (TPSA) is 86.0 Å². The monoisotopic (exact) mass is 438 g/mol. The number of carbonyl (C=O) groups excluding carboxylic acids is 1. The average Bonchev–Trinajstić information content (AvgIpc) is 3.13. The molecule has 0 bridgehead atoms. The van der Waals surface area contributed by atoms with E-state index in [9.17, 15) is 4.79 Å². The van der Waals surface area contributed by atoms with Crippen molar-refractivity contribution in [2.45, 2.75) is 23.3 Å². The number of benzene rings is 2. The maximum absolute atomic E-state index is 12.9. The van der Waals surface area contributed by atoms with Crippen LogP contribution in [0.4, 0.5) is 11.4 Å². The molecule has 1 amide bonds. The summed E-state index contributed by atoms with van der Waals surface area (Å²) < 4.78 is 0. The lowest BCUT2D eigenvalue weighted by Gasteiger charge is -2.44. The molecule has 0 saturated carbocycles. The van der Waals surface area contributed by atoms with Crippen LogP contribution < -0.4 is 21.3 Å². The standard InChI is InChI=1S/C23H30N6OS/c1-31-20-10-6-5-9-19(20)27-22(25-14-13-24)28-15-11-23(12-16-28)21(30)26-17-29(23)18-7-3-2-4-8-18/h2-10H,11-17,24H2,1H3,(H,25,27)(H,26,30). The Morgan fingerprint density at radius 3 is 2.58 bits per heavy atom. The zero-order valence-corrected chi connectivity index (χ0v) is 18.7. The summed E-state index contributed by atoms with van der Waals surface area (Å²) in [6, 6.07) is 18.4. The number of nitrogens with two attached hydrogens (primary N) is 1. The molecule has 0 unspecified atom stereocenters. The lowest BCUT2D eigenvalue weighted by molar-refractivity contribution is -0.124. The van der Waals surface area contributed by atoms with Crippen molar-refractivity contribution >= 4 is 35.0 Å². The Balaban J connectivity index is 1.53. The lowest BCUT2D eigenvalue weighted by atomic mass is 9.85. The summed E-state index contributed by atoms with van der Waals surface area (Å²) in [6.45, 7) is 3.10. The predicted octanol–water partition coefficient (Wildman–Crippen LogP) is 2.56. The normalized spacial score (nSPS) is 18.4. The van der Waals surface area contributed by atoms with E-state index in [0.29, 0.717) is 19.8 Å². The molecule has 0 atom stereocenters. The van der Waals surface area contributed by atoms with Crippen molar-refractivity contribution in [3.63, 3.8) is 0 Å². The molecule has 2 aliphatic heterocycles. The van der Waals surface area contributed by atoms with Gasteiger partial charge in [-0.15, -0.1) is 11.8 Å². The molecule has 1 spiro atoms. The average molecular weight is 439 g/mol. The van der Waals surface area contributed by atoms with Crippen molar-refractivity contribution < 1.29 is 4.79 Å². The van der Waals surface area contributed by atoms with E-state index < -0.39 is 5.54 Å². The van der Waals surface area contributed by atoms with E-state index in [2.05, 4.69) is 51.0 Å². The molecule has 4 rings (SSSR count). The number of para-hydroxylation sites is 2. The molecule has 31 heavy (non-hydrogen) atoms. The van der Waals surface area contributed by atoms with Crippen LogP contribution in [-0.2, 0) is 4.79 Å². The molecule has 2 fully saturated rings. The fourth-order valence-electron chi connectivity index (χ4n) is 4.38. The zero-order chi connectivity index (χ0) is 21.7. The van der Waals surface area contributed by atoms with Gasteiger partial charge in [-0.05, 0) is 43.4 Å². The van der Waals surface area contributed by atoms with Crippen LogP contribution in [0.1, 0.15) is 12.8 Å². The van der Waals surface area contributed by atoms with Gasteiger partial charge in [0.2, 0.25) is 5.91 Å². The Kier molecular flexibility index (Phi) is 6.67. The van der Waals surface area contributed by atoms with Crippen molar-refractivity contribution in [3.8, 4) is 0 Å². The smallest absolute Gasteiger partial charge is 0.247 e. The SMILES string of the molecule is CSc1ccccc1NC(=NCCN)N1CCC2(CC1)C(=O)NCN2c1ccccc1. The molecule has 2 aromatic rings. The molecule has 0 radical (unpaired) electrons. The highest BCUT2D eigenvalue weighted by atomic mass is 32.2. The molecule has 2 heterocycles. The first-order valence-electron chi connectivity index (χ1n) is 10.7. The van der Waals surface area contributed by atoms with Crippen LogP contribution in [0.3, 0.4) is 0 Å². The number of hydrogen-bond donors (Lipinski definition) is 3. The molecule has 4 N–H and O–H groups in total. The third kappa shape index (κ3) is 4.36. The first-order valence-corrected chi connectivity index (χ1v) is 11.9. The van der Waals surface area contributed by atoms with Gasteiger partial charge in [-0.1, -0.05) is 30.3 Å². The van der Waals surface area contributed by atoms with Crippen molar-refractivity contribution in [2.24, 2.45) is 10.7 Å². The minimum Gasteiger partial charge on any atom is -0.343 e. The van der Waals surface area contributed by atoms with E-state index in [1.807, 2.05) is 30.3 Å². The fourth-order valence-corrected chi connectivity index (χ4v) is 4.93. The first kappa shape index (κ1) is 21.5. The van der Waals surface area contributed by atoms with Crippen LogP contribution in [0.5, 0.6) is 0 Å². The maximum Gasteiger partial charge on any atom is 0.247 e. The predicted molar refractivity (Wildman–Crippen MR) is 129 cm³/mol. The summed E-state index contributed by atoms with van der Waals surface area (Å²) in [5, 5.41) is 6.59. The Morgan fingerprint density at radius 2 is 1.87 bits per heavy atom. The molecule has 164 valence electrons. The molecular weight excluding hydrogens is 408 g/mol. The van der Waals surface area contributed by atoms with Crippen molar-refractivity contribution in [3.05, 3.63) is 54.6 Å². The first-order chi connectivity index (χ1) is 15.2. The largest absolute Gasteiger partial charge is 0.343 e. The summed E-state index contributed by atoms with van der Waals surface area (Å²) in [5.74, 6) is 0.948. The lowest BCUT2D eigenvalue weighted by Crippen LogP contribution is -2.58. The number of thioether (sulfide) groups is 1. The van der Waals surface area contributed by atoms with Crippen molar-refractivity contribution in [1.29, 1.82) is 0 Å². The second-order valence-corrected chi connectivity index (χ2v) is 8.61. The van der Waals surface area contributed by atoms with Gasteiger partial charge in [0, 0.05) is 30.2 Å². The number of likely N-dealkylation sites (tertiary alicyclic amines) is 1. The molecule has 2 saturated heterocycles. The van der Waals surface area contributed by atoms with E-state index in [1.54, 1.807) is 11.8 Å². The van der Waals surface area contributed by atoms with Gasteiger partial charge in [0.05, 0.1) is 18.9 Å². The van der Waals surface area contributed by atoms with Gasteiger partial charge in [-0.3, -0.25) is 9.79 Å². The molecule has 2 aliphatic rings. The summed E-state index contributed by atoms with van der Waals surface area (Å²) in [7, 11) is 0. The van der Waals surface area contributed by atoms with Crippen molar-refractivity contribution in [2.75, 3.05) is 49.3 Å². The van der Waals surface area contributed by atoms with Gasteiger partial charge in [0.1, 0.15) is 5.54 Å². The molecule has 2 aromatic carbocycles. The quantitative estimate of drug-likeness (QED) is 0.378. The third-order valence-corrected chi connectivity index (χ3v) is 6.84. The Bertz CT molecular complexity index is 927. The second kappa shape index (κ2) is 9.62. The van der Waals surface area contributed by atoms with Gasteiger partial charge in [-0.2, -0.15) is 0 Å². The van der Waals surface area contributed by atoms with E-state index in [1.165, 1.54) is 4.90 Å². The fraction of sp³-hybridized carbons (Fsp3) is 0.391. The van der Waals surface area contributed by atoms with E-state index >= 15 is 0 Å². The third-order valence-electron chi connectivity index (χ3n) is 6.04. The number of amides is 1. The van der Waals surface area contributed by atoms with E-state index in [-0.39, 0.29) is 5.91 Å². The van der Waals surface area contributed by atoms with Gasteiger partial charge in [-0.25, -0.2) is 0 Å². The summed E-state index contributed by atoms with van der Waals surface area (Å²) in [6.07, 6.45) is 3.54. The van der Waals surface area contributed by atoms with Crippen LogP contribution >= 0.6 is 11.8 Å². The summed E-state index contributed by atoms with van der Waals surface area (Å²) >= 11 is 1.70. The van der Waals surface area contributed by atoms with Crippen LogP contribution in [0.2, 0.25) is 0 Å². The minimum atomic E-state index is -0.506. The Labute approximate surface area is 188 Å². The van der Waals surface area contributed by atoms with E-state index in [0.717, 1.165) is 43.3 Å². The van der Waals surface area contributed by atoms with Crippen LogP contribution in [0.15, 0.2) is 64.5 Å². The Morgan fingerprint density at radius 1 is 1.16 bits per heavy atom. The highest BCUT2D eigenvalue weighted by Gasteiger charge is 2.50. The van der Waals surface area contributed by atoms with Gasteiger partial charge < -0.3 is 26.2 Å². The zero-order valence-electron chi connectivity index (χ0n) is 17.9. The highest BCUT2D eigenvalue weighted by Crippen LogP contribution is 2.36. The highest BCUT2D eigenvalue weighted by molar-refractivity contribution is 7.98. The maximum atomic E-state index is 12.9. The number of nitrogens with one attached hydrogen (secondary N) is 2. The molecule has 0 aliphatic carbocycles. The molecule has 0 aromatic heterocycles. The number of piperidine rings is 1. The number of hydrogen-bond acceptors (Lipinski definition) is 5. The van der Waals surface area contributed by atoms with Crippen molar-refractivity contribution in [1.82, 2.24) is 10.2 Å². The molecular formula is C23H30N6OS. The number of nitrogens with zero attached hydrogens (tertiary/aromatic N) is 3. The molecule has 7 nitrogen and oxygen atoms in total. The number of guanidine groups is 1. The minimum absolute atomic E-state index is 0.122. The Hall–Kier alpha value is -2.71. The van der Waals surface area contributed by atoms with Crippen LogP contribution in [0.25, 0.3) is 0 Å².